The highest BCUT2D eigenvalue weighted by atomic mass is 16.3. The van der Waals surface area contributed by atoms with Crippen LogP contribution in [0.2, 0.25) is 0 Å². The van der Waals surface area contributed by atoms with Crippen molar-refractivity contribution in [3.05, 3.63) is 57.6 Å². The van der Waals surface area contributed by atoms with Crippen LogP contribution in [0.4, 0.5) is 0 Å². The predicted octanol–water partition coefficient (Wildman–Crippen LogP) is 1.13. The van der Waals surface area contributed by atoms with Gasteiger partial charge < -0.3 is 15.3 Å². The number of phenols is 2. The van der Waals surface area contributed by atoms with Crippen LogP contribution in [-0.2, 0) is 16.9 Å². The second kappa shape index (κ2) is 5.48. The number of phenolic OH excluding ortho intramolecular Hbond substituents is 2. The molecule has 0 aliphatic heterocycles. The second-order valence-electron chi connectivity index (χ2n) is 7.14. The molecule has 0 saturated heterocycles. The number of fused-ring (bicyclic) bond motifs is 3. The van der Waals surface area contributed by atoms with Gasteiger partial charge in [0.1, 0.15) is 23.0 Å². The second-order valence-corrected chi connectivity index (χ2v) is 7.14. The Hall–Kier alpha value is -3.03. The van der Waals surface area contributed by atoms with Crippen LogP contribution in [0.1, 0.15) is 56.3 Å². The van der Waals surface area contributed by atoms with Crippen LogP contribution in [0.5, 0.6) is 11.5 Å². The molecule has 0 radical (unpaired) electrons. The van der Waals surface area contributed by atoms with E-state index < -0.39 is 34.7 Å². The summed E-state index contributed by atoms with van der Waals surface area (Å²) in [5, 5.41) is 32.2. The first kappa shape index (κ1) is 17.4. The zero-order valence-corrected chi connectivity index (χ0v) is 14.4. The number of ketones is 3. The van der Waals surface area contributed by atoms with Crippen LogP contribution in [0.15, 0.2) is 24.3 Å². The Labute approximate surface area is 154 Å². The summed E-state index contributed by atoms with van der Waals surface area (Å²) < 4.78 is 0. The molecule has 0 spiro atoms. The van der Waals surface area contributed by atoms with E-state index in [-0.39, 0.29) is 52.0 Å². The van der Waals surface area contributed by atoms with Crippen molar-refractivity contribution in [2.75, 3.05) is 0 Å². The third-order valence-electron chi connectivity index (χ3n) is 5.43. The van der Waals surface area contributed by atoms with Gasteiger partial charge in [-0.15, -0.1) is 0 Å². The number of nitrogens with two attached hydrogens (primary N) is 1. The molecule has 2 aliphatic carbocycles. The van der Waals surface area contributed by atoms with Crippen LogP contribution in [0, 0.1) is 5.92 Å². The first-order valence-corrected chi connectivity index (χ1v) is 8.46. The minimum absolute atomic E-state index is 0.0000324. The van der Waals surface area contributed by atoms with Gasteiger partial charge in [0.2, 0.25) is 0 Å². The number of hydrogen-bond acceptors (Lipinski definition) is 7. The molecule has 0 fully saturated rings. The normalized spacial score (nSPS) is 23.4. The van der Waals surface area contributed by atoms with E-state index in [1.807, 2.05) is 0 Å². The van der Waals surface area contributed by atoms with Gasteiger partial charge >= 0.3 is 0 Å². The molecule has 7 heteroatoms. The lowest BCUT2D eigenvalue weighted by Gasteiger charge is -2.37. The molecule has 5 N–H and O–H groups in total. The largest absolute Gasteiger partial charge is 0.507 e. The number of Topliss-reactive ketones (excluding diaryl/α,β-unsaturated/α-hetero) is 1. The minimum Gasteiger partial charge on any atom is -0.507 e. The standard InChI is InChI=1S/C20H17NO6/c1-8(22)9-6-12-15(20(21,27)7-9)19(26)14-13(18(12)25)16(23)10-4-2-3-5-11(10)17(14)24/h2-5,9,25-27H,6-7,21H2,1H3. The first-order valence-electron chi connectivity index (χ1n) is 8.46. The quantitative estimate of drug-likeness (QED) is 0.373. The zero-order valence-electron chi connectivity index (χ0n) is 14.4. The van der Waals surface area contributed by atoms with Crippen LogP contribution in [-0.4, -0.2) is 32.7 Å². The third-order valence-corrected chi connectivity index (χ3v) is 5.43. The average molecular weight is 367 g/mol. The number of aliphatic hydroxyl groups is 1. The monoisotopic (exact) mass is 367 g/mol. The van der Waals surface area contributed by atoms with E-state index in [9.17, 15) is 29.7 Å². The van der Waals surface area contributed by atoms with E-state index in [1.165, 1.54) is 19.1 Å². The molecular weight excluding hydrogens is 350 g/mol. The van der Waals surface area contributed by atoms with Gasteiger partial charge in [-0.25, -0.2) is 0 Å². The fourth-order valence-corrected chi connectivity index (χ4v) is 4.11. The van der Waals surface area contributed by atoms with Gasteiger partial charge in [0, 0.05) is 34.6 Å². The molecule has 4 rings (SSSR count). The highest BCUT2D eigenvalue weighted by Crippen LogP contribution is 2.49. The van der Waals surface area contributed by atoms with Gasteiger partial charge in [0.25, 0.3) is 0 Å². The van der Waals surface area contributed by atoms with Crippen LogP contribution in [0.3, 0.4) is 0 Å². The topological polar surface area (TPSA) is 138 Å². The highest BCUT2D eigenvalue weighted by molar-refractivity contribution is 6.30. The van der Waals surface area contributed by atoms with Crippen LogP contribution in [0.25, 0.3) is 0 Å². The number of carbonyl (C=O) groups excluding carboxylic acids is 3. The zero-order chi connectivity index (χ0) is 19.7. The van der Waals surface area contributed by atoms with Gasteiger partial charge in [-0.05, 0) is 13.3 Å². The fraction of sp³-hybridized carbons (Fsp3) is 0.250. The Morgan fingerprint density at radius 2 is 1.59 bits per heavy atom. The van der Waals surface area contributed by atoms with Crippen LogP contribution >= 0.6 is 0 Å². The molecular formula is C20H17NO6. The molecule has 138 valence electrons. The van der Waals surface area contributed by atoms with Crippen molar-refractivity contribution in [2.45, 2.75) is 25.5 Å². The molecule has 7 nitrogen and oxygen atoms in total. The van der Waals surface area contributed by atoms with E-state index in [2.05, 4.69) is 0 Å². The summed E-state index contributed by atoms with van der Waals surface area (Å²) in [5.74, 6) is -3.33. The number of hydrogen-bond donors (Lipinski definition) is 4. The summed E-state index contributed by atoms with van der Waals surface area (Å²) in [6.07, 6.45) is -0.167. The Morgan fingerprint density at radius 1 is 1.07 bits per heavy atom. The van der Waals surface area contributed by atoms with E-state index in [0.29, 0.717) is 0 Å². The van der Waals surface area contributed by atoms with Crippen molar-refractivity contribution in [3.63, 3.8) is 0 Å². The van der Waals surface area contributed by atoms with Crippen LogP contribution < -0.4 is 5.73 Å². The highest BCUT2D eigenvalue weighted by Gasteiger charge is 2.46. The lowest BCUT2D eigenvalue weighted by molar-refractivity contribution is -0.124. The molecule has 2 aliphatic rings. The molecule has 2 atom stereocenters. The summed E-state index contributed by atoms with van der Waals surface area (Å²) in [6.45, 7) is 1.34. The molecule has 0 amide bonds. The SMILES string of the molecule is CC(=O)C1Cc2c(O)c3c(c(O)c2C(N)(O)C1)C(=O)c1ccccc1C3=O. The lowest BCUT2D eigenvalue weighted by atomic mass is 9.72. The smallest absolute Gasteiger partial charge is 0.198 e. The van der Waals surface area contributed by atoms with Gasteiger partial charge in [-0.1, -0.05) is 24.3 Å². The Kier molecular flexibility index (Phi) is 3.53. The van der Waals surface area contributed by atoms with E-state index in [4.69, 9.17) is 5.73 Å². The number of carbonyl (C=O) groups is 3. The molecule has 0 aromatic heterocycles. The third kappa shape index (κ3) is 2.25. The molecule has 0 bridgehead atoms. The molecule has 0 heterocycles. The maximum atomic E-state index is 12.9. The van der Waals surface area contributed by atoms with Crippen molar-refractivity contribution in [1.82, 2.24) is 0 Å². The molecule has 2 unspecified atom stereocenters. The summed E-state index contributed by atoms with van der Waals surface area (Å²) in [5.41, 5.74) is 3.13. The average Bonchev–Trinajstić information content (AvgIpc) is 2.61. The van der Waals surface area contributed by atoms with Crippen molar-refractivity contribution < 1.29 is 29.7 Å². The Morgan fingerprint density at radius 3 is 2.11 bits per heavy atom. The van der Waals surface area contributed by atoms with Gasteiger partial charge in [0.15, 0.2) is 11.6 Å². The first-order chi connectivity index (χ1) is 12.6. The molecule has 27 heavy (non-hydrogen) atoms. The maximum absolute atomic E-state index is 12.9. The van der Waals surface area contributed by atoms with Gasteiger partial charge in [-0.2, -0.15) is 0 Å². The molecule has 2 aromatic rings. The number of benzene rings is 2. The van der Waals surface area contributed by atoms with Crippen molar-refractivity contribution in [2.24, 2.45) is 11.7 Å². The summed E-state index contributed by atoms with van der Waals surface area (Å²) in [7, 11) is 0. The lowest BCUT2D eigenvalue weighted by Crippen LogP contribution is -2.45. The Bertz CT molecular complexity index is 1050. The summed E-state index contributed by atoms with van der Waals surface area (Å²) in [6, 6.07) is 6.09. The predicted molar refractivity (Wildman–Crippen MR) is 93.7 cm³/mol. The number of aromatic hydroxyl groups is 2. The maximum Gasteiger partial charge on any atom is 0.198 e. The van der Waals surface area contributed by atoms with Gasteiger partial charge in [0.05, 0.1) is 11.1 Å². The molecule has 2 aromatic carbocycles. The minimum atomic E-state index is -2.12. The van der Waals surface area contributed by atoms with Crippen molar-refractivity contribution in [3.8, 4) is 11.5 Å². The van der Waals surface area contributed by atoms with Crippen molar-refractivity contribution in [1.29, 1.82) is 0 Å². The van der Waals surface area contributed by atoms with Crippen molar-refractivity contribution >= 4 is 17.3 Å². The summed E-state index contributed by atoms with van der Waals surface area (Å²) in [4.78, 5) is 37.6. The van der Waals surface area contributed by atoms with E-state index >= 15 is 0 Å². The summed E-state index contributed by atoms with van der Waals surface area (Å²) >= 11 is 0. The van der Waals surface area contributed by atoms with E-state index in [0.717, 1.165) is 0 Å². The van der Waals surface area contributed by atoms with E-state index in [1.54, 1.807) is 12.1 Å². The molecule has 0 saturated carbocycles. The number of rotatable bonds is 1. The fourth-order valence-electron chi connectivity index (χ4n) is 4.11. The Balaban J connectivity index is 2.06. The van der Waals surface area contributed by atoms with Gasteiger partial charge in [-0.3, -0.25) is 20.1 Å².